The highest BCUT2D eigenvalue weighted by atomic mass is 79.9. The molecule has 2 N–H and O–H groups in total. The summed E-state index contributed by atoms with van der Waals surface area (Å²) in [5.74, 6) is -0.0490. The van der Waals surface area contributed by atoms with E-state index in [-0.39, 0.29) is 5.75 Å². The number of nitrogens with zero attached hydrogens (tertiary/aromatic N) is 1. The highest BCUT2D eigenvalue weighted by Crippen LogP contribution is 2.40. The lowest BCUT2D eigenvalue weighted by atomic mass is 9.96. The zero-order valence-corrected chi connectivity index (χ0v) is 13.2. The van der Waals surface area contributed by atoms with Crippen LogP contribution in [-0.2, 0) is 0 Å². The molecule has 0 unspecified atom stereocenters. The molecular weight excluding hydrogens is 330 g/mol. The van der Waals surface area contributed by atoms with Crippen molar-refractivity contribution in [2.75, 3.05) is 26.2 Å². The first-order valence-electron chi connectivity index (χ1n) is 6.65. The molecule has 0 aromatic heterocycles. The third-order valence-corrected chi connectivity index (χ3v) is 5.01. The molecule has 2 rings (SSSR count). The normalized spacial score (nSPS) is 18.5. The maximum absolute atomic E-state index is 13.6. The predicted molar refractivity (Wildman–Crippen MR) is 78.5 cm³/mol. The van der Waals surface area contributed by atoms with E-state index in [4.69, 9.17) is 0 Å². The molecule has 1 fully saturated rings. The number of phenolic OH excluding ortho intramolecular Hbond substituents is 1. The molecule has 6 heteroatoms. The summed E-state index contributed by atoms with van der Waals surface area (Å²) in [7, 11) is 0. The highest BCUT2D eigenvalue weighted by Gasteiger charge is 2.34. The maximum Gasteiger partial charge on any atom is 0.258 e. The highest BCUT2D eigenvalue weighted by molar-refractivity contribution is 9.10. The number of hydrogen-bond donors (Lipinski definition) is 2. The van der Waals surface area contributed by atoms with Crippen molar-refractivity contribution >= 4 is 15.9 Å². The molecule has 3 nitrogen and oxygen atoms in total. The Bertz CT molecular complexity index is 491. The van der Waals surface area contributed by atoms with Gasteiger partial charge in [0.1, 0.15) is 11.8 Å². The first-order valence-corrected chi connectivity index (χ1v) is 7.44. The van der Waals surface area contributed by atoms with E-state index in [1.807, 2.05) is 6.92 Å². The van der Waals surface area contributed by atoms with Crippen LogP contribution in [0.25, 0.3) is 0 Å². The minimum Gasteiger partial charge on any atom is -0.508 e. The molecule has 0 spiro atoms. The van der Waals surface area contributed by atoms with Gasteiger partial charge >= 0.3 is 0 Å². The van der Waals surface area contributed by atoms with Crippen LogP contribution >= 0.6 is 15.9 Å². The summed E-state index contributed by atoms with van der Waals surface area (Å²) in [4.78, 5) is 1.74. The van der Waals surface area contributed by atoms with E-state index in [0.717, 1.165) is 10.0 Å². The Morgan fingerprint density at radius 2 is 1.90 bits per heavy atom. The molecule has 0 bridgehead atoms. The monoisotopic (exact) mass is 348 g/mol. The predicted octanol–water partition coefficient (Wildman–Crippen LogP) is 2.98. The van der Waals surface area contributed by atoms with Crippen molar-refractivity contribution in [2.45, 2.75) is 26.3 Å². The van der Waals surface area contributed by atoms with Crippen LogP contribution in [0.5, 0.6) is 5.75 Å². The topological polar surface area (TPSA) is 35.5 Å². The average molecular weight is 349 g/mol. The van der Waals surface area contributed by atoms with Crippen LogP contribution in [0.1, 0.15) is 22.7 Å². The Labute approximate surface area is 126 Å². The van der Waals surface area contributed by atoms with Crippen molar-refractivity contribution in [3.63, 3.8) is 0 Å². The van der Waals surface area contributed by atoms with Crippen LogP contribution in [0.3, 0.4) is 0 Å². The van der Waals surface area contributed by atoms with Gasteiger partial charge < -0.3 is 10.4 Å². The number of rotatable bonds is 3. The van der Waals surface area contributed by atoms with Gasteiger partial charge in [-0.2, -0.15) is 0 Å². The van der Waals surface area contributed by atoms with E-state index in [9.17, 15) is 13.9 Å². The molecule has 1 aliphatic heterocycles. The van der Waals surface area contributed by atoms with Crippen LogP contribution in [0.15, 0.2) is 10.5 Å². The molecular formula is C14H19BrF2N2O. The molecule has 1 saturated heterocycles. The summed E-state index contributed by atoms with van der Waals surface area (Å²) < 4.78 is 27.9. The van der Waals surface area contributed by atoms with Crippen LogP contribution in [0.4, 0.5) is 8.78 Å². The first kappa shape index (κ1) is 15.7. The van der Waals surface area contributed by atoms with Gasteiger partial charge in [-0.15, -0.1) is 0 Å². The molecule has 1 heterocycles. The zero-order valence-electron chi connectivity index (χ0n) is 11.6. The summed E-state index contributed by atoms with van der Waals surface area (Å²) in [5.41, 5.74) is 1.86. The Kier molecular flexibility index (Phi) is 4.99. The van der Waals surface area contributed by atoms with E-state index >= 15 is 0 Å². The number of nitrogens with one attached hydrogen (secondary N) is 1. The van der Waals surface area contributed by atoms with Crippen molar-refractivity contribution in [2.24, 2.45) is 0 Å². The Balaban J connectivity index is 2.46. The second-order valence-electron chi connectivity index (χ2n) is 5.13. The Hall–Kier alpha value is -0.720. The fourth-order valence-electron chi connectivity index (χ4n) is 2.75. The van der Waals surface area contributed by atoms with Crippen molar-refractivity contribution in [3.8, 4) is 5.75 Å². The number of aromatic hydroxyl groups is 1. The van der Waals surface area contributed by atoms with Crippen LogP contribution in [-0.4, -0.2) is 42.6 Å². The number of hydrogen-bond acceptors (Lipinski definition) is 3. The summed E-state index contributed by atoms with van der Waals surface area (Å²) in [5, 5.41) is 13.3. The van der Waals surface area contributed by atoms with Gasteiger partial charge in [-0.1, -0.05) is 15.9 Å². The molecule has 1 aromatic carbocycles. The van der Waals surface area contributed by atoms with Gasteiger partial charge in [0.25, 0.3) is 6.43 Å². The lowest BCUT2D eigenvalue weighted by molar-refractivity contribution is 0.0166. The fourth-order valence-corrected chi connectivity index (χ4v) is 3.08. The summed E-state index contributed by atoms with van der Waals surface area (Å²) >= 11 is 3.42. The number of halogens is 3. The molecule has 20 heavy (non-hydrogen) atoms. The second-order valence-corrected chi connectivity index (χ2v) is 5.92. The lowest BCUT2D eigenvalue weighted by Gasteiger charge is -2.35. The number of alkyl halides is 2. The standard InChI is InChI=1S/C14H19BrF2N2O/c1-8-7-10(20)11(9(2)12(8)15)13(14(16)17)19-5-3-18-4-6-19/h7,13-14,18,20H,3-6H2,1-2H3/t13-/m0/s1. The van der Waals surface area contributed by atoms with Gasteiger partial charge in [-0.3, -0.25) is 4.90 Å². The van der Waals surface area contributed by atoms with Gasteiger partial charge in [-0.25, -0.2) is 8.78 Å². The van der Waals surface area contributed by atoms with Crippen molar-refractivity contribution in [1.29, 1.82) is 0 Å². The van der Waals surface area contributed by atoms with Gasteiger partial charge in [0.2, 0.25) is 0 Å². The molecule has 112 valence electrons. The summed E-state index contributed by atoms with van der Waals surface area (Å²) in [6, 6.07) is 0.485. The summed E-state index contributed by atoms with van der Waals surface area (Å²) in [6.45, 7) is 6.09. The number of piperazine rings is 1. The van der Waals surface area contributed by atoms with Crippen molar-refractivity contribution in [3.05, 3.63) is 27.2 Å². The smallest absolute Gasteiger partial charge is 0.258 e. The Morgan fingerprint density at radius 3 is 2.45 bits per heavy atom. The lowest BCUT2D eigenvalue weighted by Crippen LogP contribution is -2.47. The maximum atomic E-state index is 13.6. The van der Waals surface area contributed by atoms with Gasteiger partial charge in [0.15, 0.2) is 0 Å². The second kappa shape index (κ2) is 6.37. The summed E-state index contributed by atoms with van der Waals surface area (Å²) in [6.07, 6.45) is -2.53. The Morgan fingerprint density at radius 1 is 1.30 bits per heavy atom. The molecule has 1 aliphatic rings. The number of benzene rings is 1. The minimum absolute atomic E-state index is 0.0490. The molecule has 1 aromatic rings. The molecule has 0 saturated carbocycles. The quantitative estimate of drug-likeness (QED) is 0.881. The van der Waals surface area contributed by atoms with Gasteiger partial charge in [-0.05, 0) is 31.0 Å². The van der Waals surface area contributed by atoms with Crippen molar-refractivity contribution < 1.29 is 13.9 Å². The van der Waals surface area contributed by atoms with Crippen LogP contribution in [0.2, 0.25) is 0 Å². The van der Waals surface area contributed by atoms with Crippen LogP contribution in [0, 0.1) is 13.8 Å². The van der Waals surface area contributed by atoms with Crippen molar-refractivity contribution in [1.82, 2.24) is 10.2 Å². The third-order valence-electron chi connectivity index (χ3n) is 3.79. The average Bonchev–Trinajstić information content (AvgIpc) is 2.41. The van der Waals surface area contributed by atoms with E-state index in [0.29, 0.717) is 37.3 Å². The third kappa shape index (κ3) is 2.97. The zero-order chi connectivity index (χ0) is 14.9. The first-order chi connectivity index (χ1) is 9.43. The van der Waals surface area contributed by atoms with E-state index in [1.54, 1.807) is 17.9 Å². The number of aryl methyl sites for hydroxylation is 1. The minimum atomic E-state index is -2.53. The SMILES string of the molecule is Cc1cc(O)c([C@@H](C(F)F)N2CCNCC2)c(C)c1Br. The molecule has 0 radical (unpaired) electrons. The van der Waals surface area contributed by atoms with Crippen LogP contribution < -0.4 is 5.32 Å². The molecule has 0 amide bonds. The van der Waals surface area contributed by atoms with Gasteiger partial charge in [0.05, 0.1) is 0 Å². The number of phenols is 1. The molecule has 1 atom stereocenters. The van der Waals surface area contributed by atoms with E-state index in [1.165, 1.54) is 0 Å². The van der Waals surface area contributed by atoms with E-state index in [2.05, 4.69) is 21.2 Å². The van der Waals surface area contributed by atoms with E-state index < -0.39 is 12.5 Å². The largest absolute Gasteiger partial charge is 0.508 e. The van der Waals surface area contributed by atoms with Gasteiger partial charge in [0, 0.05) is 36.2 Å². The fraction of sp³-hybridized carbons (Fsp3) is 0.571. The molecule has 0 aliphatic carbocycles.